The predicted molar refractivity (Wildman–Crippen MR) is 95.6 cm³/mol. The molecule has 28 heavy (non-hydrogen) atoms. The first-order valence-electron chi connectivity index (χ1n) is 7.99. The van der Waals surface area contributed by atoms with Crippen LogP contribution in [-0.2, 0) is 0 Å². The molecule has 0 unspecified atom stereocenters. The van der Waals surface area contributed by atoms with Crippen LogP contribution in [0.4, 0.5) is 19.0 Å². The molecule has 6 nitrogen and oxygen atoms in total. The zero-order valence-electron chi connectivity index (χ0n) is 14.5. The van der Waals surface area contributed by atoms with E-state index in [-0.39, 0.29) is 11.6 Å². The van der Waals surface area contributed by atoms with Gasteiger partial charge in [0.1, 0.15) is 23.0 Å². The van der Waals surface area contributed by atoms with Gasteiger partial charge >= 0.3 is 0 Å². The molecule has 9 heteroatoms. The van der Waals surface area contributed by atoms with Gasteiger partial charge in [-0.15, -0.1) is 0 Å². The van der Waals surface area contributed by atoms with Crippen LogP contribution in [0.25, 0.3) is 0 Å². The Hall–Kier alpha value is -3.75. The SMILES string of the molecule is CC(=NOc1ccc(F)nc1)c1ccc(NC(=O)c2c(F)cccc2F)nc1. The molecule has 0 spiro atoms. The molecular weight excluding hydrogens is 373 g/mol. The van der Waals surface area contributed by atoms with Crippen molar-refractivity contribution in [3.8, 4) is 5.75 Å². The van der Waals surface area contributed by atoms with Crippen molar-refractivity contribution < 1.29 is 22.8 Å². The number of nitrogens with zero attached hydrogens (tertiary/aromatic N) is 3. The van der Waals surface area contributed by atoms with Gasteiger partial charge in [-0.1, -0.05) is 11.2 Å². The molecule has 1 N–H and O–H groups in total. The lowest BCUT2D eigenvalue weighted by molar-refractivity contribution is 0.101. The minimum absolute atomic E-state index is 0.104. The van der Waals surface area contributed by atoms with Crippen molar-refractivity contribution in [1.29, 1.82) is 0 Å². The molecule has 3 aromatic rings. The second kappa shape index (κ2) is 8.30. The molecular formula is C19H13F3N4O2. The number of nitrogens with one attached hydrogen (secondary N) is 1. The Balaban J connectivity index is 1.68. The number of pyridine rings is 2. The van der Waals surface area contributed by atoms with E-state index in [0.29, 0.717) is 11.3 Å². The average Bonchev–Trinajstić information content (AvgIpc) is 2.68. The number of hydrogen-bond donors (Lipinski definition) is 1. The minimum atomic E-state index is -0.968. The number of benzene rings is 1. The van der Waals surface area contributed by atoms with Crippen molar-refractivity contribution in [2.45, 2.75) is 6.92 Å². The Morgan fingerprint density at radius 2 is 1.75 bits per heavy atom. The molecule has 3 rings (SSSR count). The zero-order valence-corrected chi connectivity index (χ0v) is 14.5. The summed E-state index contributed by atoms with van der Waals surface area (Å²) in [6.45, 7) is 1.65. The highest BCUT2D eigenvalue weighted by Crippen LogP contribution is 2.15. The fourth-order valence-electron chi connectivity index (χ4n) is 2.17. The summed E-state index contributed by atoms with van der Waals surface area (Å²) in [4.78, 5) is 24.6. The number of oxime groups is 1. The second-order valence-corrected chi connectivity index (χ2v) is 5.57. The number of carbonyl (C=O) groups is 1. The lowest BCUT2D eigenvalue weighted by Crippen LogP contribution is -2.16. The van der Waals surface area contributed by atoms with Gasteiger partial charge in [-0.05, 0) is 43.3 Å². The van der Waals surface area contributed by atoms with Crippen molar-refractivity contribution in [3.05, 3.63) is 83.6 Å². The molecule has 1 aromatic carbocycles. The third-order valence-corrected chi connectivity index (χ3v) is 3.60. The molecule has 0 saturated heterocycles. The maximum atomic E-state index is 13.6. The number of amides is 1. The van der Waals surface area contributed by atoms with Crippen LogP contribution in [0.5, 0.6) is 5.75 Å². The van der Waals surface area contributed by atoms with Crippen LogP contribution in [0.3, 0.4) is 0 Å². The molecule has 0 saturated carbocycles. The number of hydrogen-bond acceptors (Lipinski definition) is 5. The largest absolute Gasteiger partial charge is 0.355 e. The summed E-state index contributed by atoms with van der Waals surface area (Å²) in [5, 5.41) is 6.21. The number of anilines is 1. The molecule has 0 aliphatic rings. The maximum absolute atomic E-state index is 13.6. The highest BCUT2D eigenvalue weighted by atomic mass is 19.1. The maximum Gasteiger partial charge on any atom is 0.262 e. The minimum Gasteiger partial charge on any atom is -0.355 e. The normalized spacial score (nSPS) is 11.2. The van der Waals surface area contributed by atoms with Crippen LogP contribution in [0, 0.1) is 17.6 Å². The monoisotopic (exact) mass is 386 g/mol. The molecule has 0 aliphatic carbocycles. The zero-order chi connectivity index (χ0) is 20.1. The van der Waals surface area contributed by atoms with E-state index in [1.165, 1.54) is 30.6 Å². The molecule has 2 heterocycles. The summed E-state index contributed by atoms with van der Waals surface area (Å²) in [5.41, 5.74) is 0.340. The van der Waals surface area contributed by atoms with Gasteiger partial charge in [0.15, 0.2) is 5.75 Å². The summed E-state index contributed by atoms with van der Waals surface area (Å²) in [6, 6.07) is 8.70. The molecule has 0 radical (unpaired) electrons. The highest BCUT2D eigenvalue weighted by molar-refractivity contribution is 6.04. The fraction of sp³-hybridized carbons (Fsp3) is 0.0526. The van der Waals surface area contributed by atoms with E-state index in [0.717, 1.165) is 18.2 Å². The van der Waals surface area contributed by atoms with Gasteiger partial charge in [0.25, 0.3) is 5.91 Å². The number of aromatic nitrogens is 2. The Morgan fingerprint density at radius 3 is 2.36 bits per heavy atom. The van der Waals surface area contributed by atoms with E-state index < -0.39 is 29.1 Å². The molecule has 1 amide bonds. The van der Waals surface area contributed by atoms with Crippen molar-refractivity contribution in [1.82, 2.24) is 9.97 Å². The lowest BCUT2D eigenvalue weighted by Gasteiger charge is -2.07. The summed E-state index contributed by atoms with van der Waals surface area (Å²) in [5.74, 6) is -3.16. The molecule has 0 bridgehead atoms. The molecule has 2 aromatic heterocycles. The summed E-state index contributed by atoms with van der Waals surface area (Å²) in [7, 11) is 0. The average molecular weight is 386 g/mol. The van der Waals surface area contributed by atoms with Crippen LogP contribution in [-0.4, -0.2) is 21.6 Å². The Morgan fingerprint density at radius 1 is 1.00 bits per heavy atom. The molecule has 142 valence electrons. The second-order valence-electron chi connectivity index (χ2n) is 5.57. The van der Waals surface area contributed by atoms with Gasteiger partial charge in [-0.25, -0.2) is 18.7 Å². The van der Waals surface area contributed by atoms with Crippen LogP contribution < -0.4 is 10.2 Å². The van der Waals surface area contributed by atoms with Crippen molar-refractivity contribution >= 4 is 17.4 Å². The first-order chi connectivity index (χ1) is 13.4. The van der Waals surface area contributed by atoms with E-state index in [4.69, 9.17) is 4.84 Å². The summed E-state index contributed by atoms with van der Waals surface area (Å²) < 4.78 is 40.0. The summed E-state index contributed by atoms with van der Waals surface area (Å²) >= 11 is 0. The first-order valence-corrected chi connectivity index (χ1v) is 7.99. The number of carbonyl (C=O) groups excluding carboxylic acids is 1. The molecule has 0 fully saturated rings. The van der Waals surface area contributed by atoms with E-state index in [9.17, 15) is 18.0 Å². The lowest BCUT2D eigenvalue weighted by atomic mass is 10.2. The van der Waals surface area contributed by atoms with Crippen molar-refractivity contribution in [2.75, 3.05) is 5.32 Å². The third kappa shape index (κ3) is 4.50. The van der Waals surface area contributed by atoms with Crippen molar-refractivity contribution in [2.24, 2.45) is 5.16 Å². The van der Waals surface area contributed by atoms with Gasteiger partial charge in [-0.3, -0.25) is 4.79 Å². The van der Waals surface area contributed by atoms with Gasteiger partial charge in [0, 0.05) is 11.8 Å². The highest BCUT2D eigenvalue weighted by Gasteiger charge is 2.17. The number of rotatable bonds is 5. The third-order valence-electron chi connectivity index (χ3n) is 3.60. The van der Waals surface area contributed by atoms with Gasteiger partial charge in [0.2, 0.25) is 5.95 Å². The van der Waals surface area contributed by atoms with Gasteiger partial charge < -0.3 is 10.2 Å². The Kier molecular flexibility index (Phi) is 5.64. The van der Waals surface area contributed by atoms with Crippen LogP contribution >= 0.6 is 0 Å². The standard InChI is InChI=1S/C19H13F3N4O2/c1-11(26-28-13-6-7-16(22)23-10-13)12-5-8-17(24-9-12)25-19(27)18-14(20)3-2-4-15(18)21/h2-10H,1H3,(H,24,25,27). The molecule has 0 atom stereocenters. The Labute approximate surface area is 157 Å². The van der Waals surface area contributed by atoms with Crippen LogP contribution in [0.15, 0.2) is 60.0 Å². The van der Waals surface area contributed by atoms with Gasteiger partial charge in [0.05, 0.1) is 11.9 Å². The van der Waals surface area contributed by atoms with E-state index in [2.05, 4.69) is 20.4 Å². The molecule has 0 aliphatic heterocycles. The smallest absolute Gasteiger partial charge is 0.262 e. The fourth-order valence-corrected chi connectivity index (χ4v) is 2.17. The van der Waals surface area contributed by atoms with Crippen molar-refractivity contribution in [3.63, 3.8) is 0 Å². The Bertz CT molecular complexity index is 1000. The quantitative estimate of drug-likeness (QED) is 0.409. The van der Waals surface area contributed by atoms with Crippen LogP contribution in [0.2, 0.25) is 0 Å². The van der Waals surface area contributed by atoms with E-state index in [1.807, 2.05) is 0 Å². The summed E-state index contributed by atoms with van der Waals surface area (Å²) in [6.07, 6.45) is 2.59. The topological polar surface area (TPSA) is 76.5 Å². The van der Waals surface area contributed by atoms with E-state index in [1.54, 1.807) is 13.0 Å². The van der Waals surface area contributed by atoms with Gasteiger partial charge in [-0.2, -0.15) is 4.39 Å². The van der Waals surface area contributed by atoms with Crippen LogP contribution in [0.1, 0.15) is 22.8 Å². The van der Waals surface area contributed by atoms with E-state index >= 15 is 0 Å². The first kappa shape index (κ1) is 19.0. The number of halogens is 3. The predicted octanol–water partition coefficient (Wildman–Crippen LogP) is 3.95.